The number of rotatable bonds is 5. The molecule has 1 fully saturated rings. The first-order valence-electron chi connectivity index (χ1n) is 7.64. The summed E-state index contributed by atoms with van der Waals surface area (Å²) in [5, 5.41) is 7.32. The number of hydrogen-bond acceptors (Lipinski definition) is 4. The Morgan fingerprint density at radius 1 is 1.35 bits per heavy atom. The molecule has 3 atom stereocenters. The Bertz CT molecular complexity index is 438. The summed E-state index contributed by atoms with van der Waals surface area (Å²) >= 11 is 6.22. The Morgan fingerprint density at radius 2 is 2.15 bits per heavy atom. The van der Waals surface area contributed by atoms with Gasteiger partial charge in [-0.2, -0.15) is 4.98 Å². The van der Waals surface area contributed by atoms with Crippen molar-refractivity contribution in [3.63, 3.8) is 0 Å². The molecule has 0 aromatic carbocycles. The van der Waals surface area contributed by atoms with Gasteiger partial charge in [-0.1, -0.05) is 45.2 Å². The lowest BCUT2D eigenvalue weighted by atomic mass is 9.78. The molecule has 0 spiro atoms. The molecule has 112 valence electrons. The van der Waals surface area contributed by atoms with Crippen LogP contribution in [0.2, 0.25) is 5.02 Å². The van der Waals surface area contributed by atoms with Crippen molar-refractivity contribution < 1.29 is 0 Å². The number of nitrogens with one attached hydrogen (secondary N) is 2. The Morgan fingerprint density at radius 3 is 2.90 bits per heavy atom. The lowest BCUT2D eigenvalue weighted by molar-refractivity contribution is 0.253. The highest BCUT2D eigenvalue weighted by Gasteiger charge is 2.27. The van der Waals surface area contributed by atoms with Gasteiger partial charge in [0.2, 0.25) is 5.95 Å². The second-order valence-corrected chi connectivity index (χ2v) is 6.24. The largest absolute Gasteiger partial charge is 0.366 e. The van der Waals surface area contributed by atoms with E-state index in [1.165, 1.54) is 19.3 Å². The average Bonchev–Trinajstić information content (AvgIpc) is 2.44. The third-order valence-corrected chi connectivity index (χ3v) is 4.58. The summed E-state index contributed by atoms with van der Waals surface area (Å²) in [6, 6.07) is 0.449. The average molecular weight is 297 g/mol. The van der Waals surface area contributed by atoms with Crippen molar-refractivity contribution in [2.75, 3.05) is 17.2 Å². The summed E-state index contributed by atoms with van der Waals surface area (Å²) in [5.41, 5.74) is 0. The van der Waals surface area contributed by atoms with Crippen LogP contribution in [0.15, 0.2) is 6.20 Å². The van der Waals surface area contributed by atoms with Crippen LogP contribution in [0, 0.1) is 11.8 Å². The third-order valence-electron chi connectivity index (χ3n) is 4.31. The minimum Gasteiger partial charge on any atom is -0.366 e. The molecule has 20 heavy (non-hydrogen) atoms. The predicted octanol–water partition coefficient (Wildman–Crippen LogP) is 4.19. The van der Waals surface area contributed by atoms with Crippen molar-refractivity contribution in [3.8, 4) is 0 Å². The second-order valence-electron chi connectivity index (χ2n) is 5.84. The molecule has 1 aromatic rings. The van der Waals surface area contributed by atoms with Gasteiger partial charge in [-0.25, -0.2) is 4.98 Å². The first kappa shape index (κ1) is 15.4. The molecule has 1 heterocycles. The van der Waals surface area contributed by atoms with Crippen molar-refractivity contribution >= 4 is 23.4 Å². The molecule has 0 radical (unpaired) electrons. The lowest BCUT2D eigenvalue weighted by Gasteiger charge is -2.35. The van der Waals surface area contributed by atoms with Crippen molar-refractivity contribution in [1.29, 1.82) is 0 Å². The van der Waals surface area contributed by atoms with Crippen molar-refractivity contribution in [1.82, 2.24) is 9.97 Å². The Hall–Kier alpha value is -1.03. The van der Waals surface area contributed by atoms with E-state index in [-0.39, 0.29) is 0 Å². The maximum Gasteiger partial charge on any atom is 0.224 e. The normalized spacial score (nSPS) is 26.3. The molecule has 1 aliphatic rings. The van der Waals surface area contributed by atoms with Crippen LogP contribution in [0.4, 0.5) is 11.8 Å². The van der Waals surface area contributed by atoms with Gasteiger partial charge in [0.1, 0.15) is 5.02 Å². The fourth-order valence-corrected chi connectivity index (χ4v) is 2.90. The number of hydrogen-bond donors (Lipinski definition) is 2. The van der Waals surface area contributed by atoms with Crippen molar-refractivity contribution in [2.24, 2.45) is 11.8 Å². The summed E-state index contributed by atoms with van der Waals surface area (Å²) in [5.74, 6) is 2.79. The summed E-state index contributed by atoms with van der Waals surface area (Å²) in [6.07, 6.45) is 6.49. The second kappa shape index (κ2) is 7.11. The van der Waals surface area contributed by atoms with Gasteiger partial charge in [0.15, 0.2) is 5.82 Å². The van der Waals surface area contributed by atoms with E-state index >= 15 is 0 Å². The minimum absolute atomic E-state index is 0.449. The van der Waals surface area contributed by atoms with Gasteiger partial charge in [0.05, 0.1) is 6.20 Å². The van der Waals surface area contributed by atoms with Gasteiger partial charge < -0.3 is 10.6 Å². The lowest BCUT2D eigenvalue weighted by Crippen LogP contribution is -2.35. The van der Waals surface area contributed by atoms with Gasteiger partial charge in [0, 0.05) is 12.6 Å². The number of halogens is 1. The van der Waals surface area contributed by atoms with Crippen LogP contribution < -0.4 is 10.6 Å². The van der Waals surface area contributed by atoms with Crippen molar-refractivity contribution in [2.45, 2.75) is 52.5 Å². The molecule has 3 unspecified atom stereocenters. The Kier molecular flexibility index (Phi) is 5.46. The van der Waals surface area contributed by atoms with Crippen LogP contribution in [0.3, 0.4) is 0 Å². The van der Waals surface area contributed by atoms with E-state index in [0.29, 0.717) is 22.9 Å². The molecular weight excluding hydrogens is 272 g/mol. The predicted molar refractivity (Wildman–Crippen MR) is 85.4 cm³/mol. The molecule has 0 bridgehead atoms. The van der Waals surface area contributed by atoms with Gasteiger partial charge in [-0.3, -0.25) is 0 Å². The van der Waals surface area contributed by atoms with E-state index in [0.717, 1.165) is 24.7 Å². The van der Waals surface area contributed by atoms with Crippen LogP contribution >= 0.6 is 11.6 Å². The highest BCUT2D eigenvalue weighted by atomic mass is 35.5. The van der Waals surface area contributed by atoms with Gasteiger partial charge >= 0.3 is 0 Å². The zero-order valence-corrected chi connectivity index (χ0v) is 13.4. The molecule has 2 N–H and O–H groups in total. The summed E-state index contributed by atoms with van der Waals surface area (Å²) in [4.78, 5) is 8.71. The Balaban J connectivity index is 2.07. The number of anilines is 2. The SMILES string of the molecule is CCCNc1ncc(Cl)c(NC2CCCC(C)C2C)n1. The zero-order valence-electron chi connectivity index (χ0n) is 12.6. The first-order valence-corrected chi connectivity index (χ1v) is 8.02. The molecule has 5 heteroatoms. The summed E-state index contributed by atoms with van der Waals surface area (Å²) < 4.78 is 0. The van der Waals surface area contributed by atoms with Crippen LogP contribution in [-0.2, 0) is 0 Å². The molecule has 0 aliphatic heterocycles. The van der Waals surface area contributed by atoms with E-state index in [4.69, 9.17) is 11.6 Å². The Labute approximate surface area is 126 Å². The van der Waals surface area contributed by atoms with Crippen LogP contribution in [0.25, 0.3) is 0 Å². The maximum atomic E-state index is 6.22. The van der Waals surface area contributed by atoms with Crippen molar-refractivity contribution in [3.05, 3.63) is 11.2 Å². The van der Waals surface area contributed by atoms with Gasteiger partial charge in [0.25, 0.3) is 0 Å². The molecule has 0 saturated heterocycles. The molecule has 1 saturated carbocycles. The zero-order chi connectivity index (χ0) is 14.5. The monoisotopic (exact) mass is 296 g/mol. The van der Waals surface area contributed by atoms with E-state index in [9.17, 15) is 0 Å². The van der Waals surface area contributed by atoms with E-state index in [2.05, 4.69) is 41.4 Å². The van der Waals surface area contributed by atoms with Gasteiger partial charge in [-0.15, -0.1) is 0 Å². The van der Waals surface area contributed by atoms with Crippen LogP contribution in [-0.4, -0.2) is 22.6 Å². The molecule has 1 aromatic heterocycles. The molecule has 1 aliphatic carbocycles. The number of aromatic nitrogens is 2. The minimum atomic E-state index is 0.449. The smallest absolute Gasteiger partial charge is 0.224 e. The molecule has 4 nitrogen and oxygen atoms in total. The summed E-state index contributed by atoms with van der Waals surface area (Å²) in [7, 11) is 0. The third kappa shape index (κ3) is 3.75. The summed E-state index contributed by atoms with van der Waals surface area (Å²) in [6.45, 7) is 7.63. The molecule has 2 rings (SSSR count). The van der Waals surface area contributed by atoms with Gasteiger partial charge in [-0.05, 0) is 24.7 Å². The van der Waals surface area contributed by atoms with E-state index in [1.807, 2.05) is 0 Å². The maximum absolute atomic E-state index is 6.22. The standard InChI is InChI=1S/C15H25ClN4/c1-4-8-17-15-18-9-12(16)14(20-15)19-13-7-5-6-10(2)11(13)3/h9-11,13H,4-8H2,1-3H3,(H2,17,18,19,20). The topological polar surface area (TPSA) is 49.8 Å². The van der Waals surface area contributed by atoms with Crippen LogP contribution in [0.5, 0.6) is 0 Å². The fraction of sp³-hybridized carbons (Fsp3) is 0.733. The highest BCUT2D eigenvalue weighted by Crippen LogP contribution is 2.32. The van der Waals surface area contributed by atoms with E-state index in [1.54, 1.807) is 6.20 Å². The molecule has 0 amide bonds. The first-order chi connectivity index (χ1) is 9.61. The fourth-order valence-electron chi connectivity index (χ4n) is 2.75. The van der Waals surface area contributed by atoms with Crippen LogP contribution in [0.1, 0.15) is 46.5 Å². The van der Waals surface area contributed by atoms with E-state index < -0.39 is 0 Å². The molecular formula is C15H25ClN4. The quantitative estimate of drug-likeness (QED) is 0.855. The number of nitrogens with zero attached hydrogens (tertiary/aromatic N) is 2. The highest BCUT2D eigenvalue weighted by molar-refractivity contribution is 6.32.